The maximum Gasteiger partial charge on any atom is 0.362 e. The molecule has 0 bridgehead atoms. The molecule has 6 heteroatoms. The summed E-state index contributed by atoms with van der Waals surface area (Å²) in [4.78, 5) is 25.5. The highest BCUT2D eigenvalue weighted by atomic mass is 16.6. The summed E-state index contributed by atoms with van der Waals surface area (Å²) >= 11 is 0. The topological polar surface area (TPSA) is 71.1 Å². The summed E-state index contributed by atoms with van der Waals surface area (Å²) < 4.78 is 22.0. The lowest BCUT2D eigenvalue weighted by atomic mass is 9.96. The van der Waals surface area contributed by atoms with E-state index in [9.17, 15) is 9.59 Å². The standard InChI is InChI=1S/C23H28O6/c1-4-7-17-23(21(24)26-5-2,22(25)27-6-3)29-20-15-13-19(14-16-20)28-18-11-9-8-10-12-18/h8-16H,4-7,17H2,1-3H3. The molecule has 0 amide bonds. The number of hydrogen-bond acceptors (Lipinski definition) is 6. The van der Waals surface area contributed by atoms with E-state index in [1.54, 1.807) is 38.1 Å². The molecule has 0 aliphatic heterocycles. The summed E-state index contributed by atoms with van der Waals surface area (Å²) in [6.45, 7) is 5.61. The third-order valence-corrected chi connectivity index (χ3v) is 4.19. The quantitative estimate of drug-likeness (QED) is 0.394. The van der Waals surface area contributed by atoms with E-state index >= 15 is 0 Å². The van der Waals surface area contributed by atoms with Gasteiger partial charge in [-0.3, -0.25) is 0 Å². The average Bonchev–Trinajstić information content (AvgIpc) is 2.73. The number of unbranched alkanes of at least 4 members (excludes halogenated alkanes) is 1. The van der Waals surface area contributed by atoms with Crippen LogP contribution in [0.1, 0.15) is 40.0 Å². The van der Waals surface area contributed by atoms with E-state index in [0.717, 1.165) is 6.42 Å². The number of para-hydroxylation sites is 1. The third-order valence-electron chi connectivity index (χ3n) is 4.19. The van der Waals surface area contributed by atoms with Crippen LogP contribution in [0.4, 0.5) is 0 Å². The molecule has 0 aliphatic rings. The Hall–Kier alpha value is -3.02. The fraction of sp³-hybridized carbons (Fsp3) is 0.391. The number of hydrogen-bond donors (Lipinski definition) is 0. The third kappa shape index (κ3) is 5.98. The van der Waals surface area contributed by atoms with Crippen LogP contribution in [0.2, 0.25) is 0 Å². The molecule has 0 atom stereocenters. The lowest BCUT2D eigenvalue weighted by Gasteiger charge is -2.30. The zero-order chi connectivity index (χ0) is 21.1. The van der Waals surface area contributed by atoms with Gasteiger partial charge in [-0.1, -0.05) is 31.5 Å². The summed E-state index contributed by atoms with van der Waals surface area (Å²) in [5.74, 6) is 0.183. The Labute approximate surface area is 171 Å². The molecule has 29 heavy (non-hydrogen) atoms. The van der Waals surface area contributed by atoms with Gasteiger partial charge in [-0.05, 0) is 56.7 Å². The van der Waals surface area contributed by atoms with Gasteiger partial charge in [-0.2, -0.15) is 0 Å². The van der Waals surface area contributed by atoms with Crippen LogP contribution in [0.3, 0.4) is 0 Å². The Morgan fingerprint density at radius 3 is 1.79 bits per heavy atom. The maximum atomic E-state index is 12.7. The predicted molar refractivity (Wildman–Crippen MR) is 109 cm³/mol. The summed E-state index contributed by atoms with van der Waals surface area (Å²) in [6, 6.07) is 16.1. The molecule has 0 fully saturated rings. The molecule has 0 aromatic heterocycles. The van der Waals surface area contributed by atoms with Crippen molar-refractivity contribution < 1.29 is 28.5 Å². The molecule has 2 aromatic rings. The van der Waals surface area contributed by atoms with Gasteiger partial charge in [0.25, 0.3) is 0 Å². The minimum Gasteiger partial charge on any atom is -0.464 e. The number of benzene rings is 2. The number of carbonyl (C=O) groups is 2. The molecular weight excluding hydrogens is 372 g/mol. The molecule has 0 radical (unpaired) electrons. The van der Waals surface area contributed by atoms with Gasteiger partial charge in [-0.25, -0.2) is 9.59 Å². The normalized spacial score (nSPS) is 10.9. The molecule has 0 saturated carbocycles. The highest BCUT2D eigenvalue weighted by Gasteiger charge is 2.51. The van der Waals surface area contributed by atoms with E-state index in [1.165, 1.54) is 0 Å². The molecule has 0 saturated heterocycles. The first-order chi connectivity index (χ1) is 14.1. The van der Waals surface area contributed by atoms with Crippen LogP contribution in [-0.4, -0.2) is 30.8 Å². The Morgan fingerprint density at radius 2 is 1.28 bits per heavy atom. The summed E-state index contributed by atoms with van der Waals surface area (Å²) in [7, 11) is 0. The van der Waals surface area contributed by atoms with Gasteiger partial charge in [0.1, 0.15) is 17.2 Å². The molecular formula is C23H28O6. The van der Waals surface area contributed by atoms with Crippen molar-refractivity contribution in [1.29, 1.82) is 0 Å². The zero-order valence-corrected chi connectivity index (χ0v) is 17.2. The average molecular weight is 400 g/mol. The Bertz CT molecular complexity index is 752. The van der Waals surface area contributed by atoms with Crippen LogP contribution in [0.25, 0.3) is 0 Å². The van der Waals surface area contributed by atoms with Gasteiger partial charge in [0.05, 0.1) is 13.2 Å². The van der Waals surface area contributed by atoms with Crippen molar-refractivity contribution in [3.63, 3.8) is 0 Å². The van der Waals surface area contributed by atoms with Crippen molar-refractivity contribution >= 4 is 11.9 Å². The molecule has 0 spiro atoms. The van der Waals surface area contributed by atoms with Crippen LogP contribution in [0, 0.1) is 0 Å². The number of rotatable bonds is 11. The number of ether oxygens (including phenoxy) is 4. The first kappa shape index (κ1) is 22.3. The van der Waals surface area contributed by atoms with E-state index in [2.05, 4.69) is 0 Å². The Kier molecular flexibility index (Phi) is 8.52. The Morgan fingerprint density at radius 1 is 0.759 bits per heavy atom. The fourth-order valence-electron chi connectivity index (χ4n) is 2.74. The van der Waals surface area contributed by atoms with Crippen molar-refractivity contribution in [3.8, 4) is 17.2 Å². The minimum atomic E-state index is -1.83. The lowest BCUT2D eigenvalue weighted by Crippen LogP contribution is -2.53. The summed E-state index contributed by atoms with van der Waals surface area (Å²) in [6.07, 6.45) is 1.56. The maximum absolute atomic E-state index is 12.7. The highest BCUT2D eigenvalue weighted by Crippen LogP contribution is 2.29. The minimum absolute atomic E-state index is 0.138. The van der Waals surface area contributed by atoms with Gasteiger partial charge < -0.3 is 18.9 Å². The lowest BCUT2D eigenvalue weighted by molar-refractivity contribution is -0.180. The molecule has 0 N–H and O–H groups in total. The first-order valence-corrected chi connectivity index (χ1v) is 9.92. The largest absolute Gasteiger partial charge is 0.464 e. The Balaban J connectivity index is 2.26. The van der Waals surface area contributed by atoms with Crippen LogP contribution in [0.15, 0.2) is 54.6 Å². The van der Waals surface area contributed by atoms with E-state index < -0.39 is 17.5 Å². The smallest absolute Gasteiger partial charge is 0.362 e. The van der Waals surface area contributed by atoms with Gasteiger partial charge in [-0.15, -0.1) is 0 Å². The van der Waals surface area contributed by atoms with Crippen molar-refractivity contribution in [2.24, 2.45) is 0 Å². The van der Waals surface area contributed by atoms with Crippen molar-refractivity contribution in [3.05, 3.63) is 54.6 Å². The monoisotopic (exact) mass is 400 g/mol. The molecule has 156 valence electrons. The van der Waals surface area contributed by atoms with Crippen LogP contribution in [-0.2, 0) is 19.1 Å². The second-order valence-corrected chi connectivity index (χ2v) is 6.36. The van der Waals surface area contributed by atoms with Gasteiger partial charge >= 0.3 is 17.5 Å². The molecule has 0 aliphatic carbocycles. The van der Waals surface area contributed by atoms with Gasteiger partial charge in [0, 0.05) is 6.42 Å². The van der Waals surface area contributed by atoms with Crippen LogP contribution < -0.4 is 9.47 Å². The van der Waals surface area contributed by atoms with E-state index in [4.69, 9.17) is 18.9 Å². The second kappa shape index (κ2) is 11.1. The van der Waals surface area contributed by atoms with Crippen molar-refractivity contribution in [2.75, 3.05) is 13.2 Å². The molecule has 2 aromatic carbocycles. The van der Waals surface area contributed by atoms with Crippen LogP contribution in [0.5, 0.6) is 17.2 Å². The first-order valence-electron chi connectivity index (χ1n) is 9.92. The van der Waals surface area contributed by atoms with E-state index in [1.807, 2.05) is 37.3 Å². The number of carbonyl (C=O) groups excluding carboxylic acids is 2. The van der Waals surface area contributed by atoms with Gasteiger partial charge in [0.2, 0.25) is 0 Å². The number of esters is 2. The zero-order valence-electron chi connectivity index (χ0n) is 17.2. The van der Waals surface area contributed by atoms with Crippen molar-refractivity contribution in [2.45, 2.75) is 45.6 Å². The highest BCUT2D eigenvalue weighted by molar-refractivity contribution is 6.04. The summed E-state index contributed by atoms with van der Waals surface area (Å²) in [5, 5.41) is 0. The van der Waals surface area contributed by atoms with Crippen molar-refractivity contribution in [1.82, 2.24) is 0 Å². The summed E-state index contributed by atoms with van der Waals surface area (Å²) in [5.41, 5.74) is -1.83. The SMILES string of the molecule is CCCCC(Oc1ccc(Oc2ccccc2)cc1)(C(=O)OCC)C(=O)OCC. The van der Waals surface area contributed by atoms with Crippen LogP contribution >= 0.6 is 0 Å². The van der Waals surface area contributed by atoms with Gasteiger partial charge in [0.15, 0.2) is 0 Å². The van der Waals surface area contributed by atoms with E-state index in [0.29, 0.717) is 23.7 Å². The molecule has 0 unspecified atom stereocenters. The second-order valence-electron chi connectivity index (χ2n) is 6.36. The molecule has 0 heterocycles. The fourth-order valence-corrected chi connectivity index (χ4v) is 2.74. The predicted octanol–water partition coefficient (Wildman–Crippen LogP) is 4.91. The van der Waals surface area contributed by atoms with E-state index in [-0.39, 0.29) is 19.6 Å². The molecule has 2 rings (SSSR count). The molecule has 6 nitrogen and oxygen atoms in total.